The molecule has 180 valence electrons. The summed E-state index contributed by atoms with van der Waals surface area (Å²) in [5, 5.41) is 71.4. The zero-order valence-electron chi connectivity index (χ0n) is 17.3. The third-order valence-corrected chi connectivity index (χ3v) is 5.48. The molecule has 0 unspecified atom stereocenters. The van der Waals surface area contributed by atoms with Crippen LogP contribution in [0.2, 0.25) is 0 Å². The van der Waals surface area contributed by atoms with Crippen molar-refractivity contribution in [1.29, 1.82) is 0 Å². The molecule has 2 heterocycles. The molecule has 2 aliphatic heterocycles. The number of hydrogen-bond acceptors (Lipinski definition) is 13. The van der Waals surface area contributed by atoms with Crippen molar-refractivity contribution in [2.75, 3.05) is 19.8 Å². The van der Waals surface area contributed by atoms with Gasteiger partial charge in [0, 0.05) is 6.92 Å². The van der Waals surface area contributed by atoms with Crippen molar-refractivity contribution in [3.8, 4) is 0 Å². The molecule has 2 rings (SSSR count). The molecule has 2 fully saturated rings. The molecule has 31 heavy (non-hydrogen) atoms. The summed E-state index contributed by atoms with van der Waals surface area (Å²) >= 11 is 0. The number of aliphatic hydroxyl groups is 7. The fraction of sp³-hybridized carbons (Fsp3) is 0.889. The standard InChI is InChI=1S/C18H30O13/c1-7(2)16(27)28-15-13(25)11(23)9(4-19)31-18(15,29-8(3)22)17(6-21)14(26)12(24)10(5-20)30-17/h7,9-15,19-21,23-26H,4-6H2,1-3H3/t9-,10-,11-,12-,13+,14+,15-,17+,18-/m1/s1. The second-order valence-corrected chi connectivity index (χ2v) is 7.92. The molecule has 0 aliphatic carbocycles. The topological polar surface area (TPSA) is 213 Å². The van der Waals surface area contributed by atoms with Gasteiger partial charge in [-0.05, 0) is 0 Å². The van der Waals surface area contributed by atoms with Gasteiger partial charge in [0.25, 0.3) is 5.79 Å². The second kappa shape index (κ2) is 9.60. The fourth-order valence-electron chi connectivity index (χ4n) is 3.83. The maximum absolute atomic E-state index is 12.3. The summed E-state index contributed by atoms with van der Waals surface area (Å²) in [5.74, 6) is -5.63. The summed E-state index contributed by atoms with van der Waals surface area (Å²) < 4.78 is 21.6. The van der Waals surface area contributed by atoms with Gasteiger partial charge in [0.2, 0.25) is 0 Å². The minimum atomic E-state index is -2.84. The SMILES string of the molecule is CC(=O)O[C@@]1([C@@]2(CO)O[C@H](CO)[C@@H](O)[C@@H]2O)O[C@H](CO)[C@@H](O)[C@H](O)[C@H]1OC(=O)C(C)C. The lowest BCUT2D eigenvalue weighted by Crippen LogP contribution is -2.79. The van der Waals surface area contributed by atoms with Crippen LogP contribution in [0.15, 0.2) is 0 Å². The lowest BCUT2D eigenvalue weighted by Gasteiger charge is -2.55. The van der Waals surface area contributed by atoms with Crippen molar-refractivity contribution in [2.45, 2.75) is 74.9 Å². The van der Waals surface area contributed by atoms with Crippen molar-refractivity contribution >= 4 is 11.9 Å². The van der Waals surface area contributed by atoms with Gasteiger partial charge in [0.1, 0.15) is 36.6 Å². The Labute approximate surface area is 177 Å². The van der Waals surface area contributed by atoms with Gasteiger partial charge in [-0.3, -0.25) is 9.59 Å². The van der Waals surface area contributed by atoms with Crippen LogP contribution in [0.5, 0.6) is 0 Å². The third-order valence-electron chi connectivity index (χ3n) is 5.48. The lowest BCUT2D eigenvalue weighted by atomic mass is 9.77. The van der Waals surface area contributed by atoms with E-state index in [1.54, 1.807) is 0 Å². The number of carbonyl (C=O) groups is 2. The Kier molecular flexibility index (Phi) is 8.00. The molecular weight excluding hydrogens is 424 g/mol. The Bertz CT molecular complexity index is 656. The highest BCUT2D eigenvalue weighted by atomic mass is 16.8. The van der Waals surface area contributed by atoms with Crippen LogP contribution in [0.1, 0.15) is 20.8 Å². The Hall–Kier alpha value is -1.42. The van der Waals surface area contributed by atoms with Crippen LogP contribution in [-0.2, 0) is 28.5 Å². The molecule has 0 spiro atoms. The molecule has 2 aliphatic rings. The lowest BCUT2D eigenvalue weighted by molar-refractivity contribution is -0.414. The predicted molar refractivity (Wildman–Crippen MR) is 97.0 cm³/mol. The van der Waals surface area contributed by atoms with Crippen LogP contribution in [0, 0.1) is 5.92 Å². The molecule has 7 N–H and O–H groups in total. The van der Waals surface area contributed by atoms with Crippen molar-refractivity contribution < 1.29 is 64.3 Å². The first-order chi connectivity index (χ1) is 14.4. The van der Waals surface area contributed by atoms with Gasteiger partial charge in [-0.2, -0.15) is 0 Å². The van der Waals surface area contributed by atoms with E-state index in [1.165, 1.54) is 13.8 Å². The van der Waals surface area contributed by atoms with Crippen LogP contribution in [0.4, 0.5) is 0 Å². The first kappa shape index (κ1) is 25.8. The Morgan fingerprint density at radius 3 is 1.90 bits per heavy atom. The molecule has 2 saturated heterocycles. The van der Waals surface area contributed by atoms with E-state index in [9.17, 15) is 45.3 Å². The summed E-state index contributed by atoms with van der Waals surface area (Å²) in [5.41, 5.74) is -2.60. The summed E-state index contributed by atoms with van der Waals surface area (Å²) in [6.45, 7) is 0.840. The highest BCUT2D eigenvalue weighted by molar-refractivity contribution is 5.72. The Balaban J connectivity index is 2.75. The Morgan fingerprint density at radius 2 is 1.48 bits per heavy atom. The van der Waals surface area contributed by atoms with Gasteiger partial charge in [-0.1, -0.05) is 13.8 Å². The number of hydrogen-bond donors (Lipinski definition) is 7. The van der Waals surface area contributed by atoms with Gasteiger partial charge >= 0.3 is 11.9 Å². The Morgan fingerprint density at radius 1 is 0.935 bits per heavy atom. The van der Waals surface area contributed by atoms with Crippen molar-refractivity contribution in [3.63, 3.8) is 0 Å². The summed E-state index contributed by atoms with van der Waals surface area (Å²) in [7, 11) is 0. The average Bonchev–Trinajstić information content (AvgIpc) is 2.98. The van der Waals surface area contributed by atoms with Gasteiger partial charge < -0.3 is 54.7 Å². The van der Waals surface area contributed by atoms with Gasteiger partial charge in [-0.15, -0.1) is 0 Å². The molecule has 0 aromatic rings. The van der Waals surface area contributed by atoms with Gasteiger partial charge in [0.05, 0.1) is 25.7 Å². The van der Waals surface area contributed by atoms with Crippen LogP contribution >= 0.6 is 0 Å². The first-order valence-electron chi connectivity index (χ1n) is 9.72. The molecule has 0 aromatic heterocycles. The van der Waals surface area contributed by atoms with E-state index >= 15 is 0 Å². The van der Waals surface area contributed by atoms with Crippen LogP contribution in [-0.4, -0.2) is 122 Å². The average molecular weight is 454 g/mol. The monoisotopic (exact) mass is 454 g/mol. The third kappa shape index (κ3) is 4.17. The normalized spacial score (nSPS) is 43.1. The van der Waals surface area contributed by atoms with E-state index in [4.69, 9.17) is 18.9 Å². The maximum atomic E-state index is 12.3. The molecule has 0 aromatic carbocycles. The summed E-state index contributed by atoms with van der Waals surface area (Å²) in [6.07, 6.45) is -13.0. The van der Waals surface area contributed by atoms with Crippen LogP contribution in [0.25, 0.3) is 0 Å². The van der Waals surface area contributed by atoms with E-state index in [2.05, 4.69) is 0 Å². The molecule has 0 saturated carbocycles. The van der Waals surface area contributed by atoms with Gasteiger partial charge in [-0.25, -0.2) is 0 Å². The minimum Gasteiger partial charge on any atom is -0.452 e. The van der Waals surface area contributed by atoms with Crippen LogP contribution in [0.3, 0.4) is 0 Å². The molecule has 0 radical (unpaired) electrons. The van der Waals surface area contributed by atoms with E-state index in [0.717, 1.165) is 6.92 Å². The quantitative estimate of drug-likeness (QED) is 0.182. The molecule has 13 nitrogen and oxygen atoms in total. The molecule has 9 atom stereocenters. The second-order valence-electron chi connectivity index (χ2n) is 7.92. The van der Waals surface area contributed by atoms with E-state index in [-0.39, 0.29) is 0 Å². The largest absolute Gasteiger partial charge is 0.452 e. The van der Waals surface area contributed by atoms with Crippen LogP contribution < -0.4 is 0 Å². The highest BCUT2D eigenvalue weighted by Gasteiger charge is 2.75. The molecule has 0 bridgehead atoms. The number of rotatable bonds is 7. The fourth-order valence-corrected chi connectivity index (χ4v) is 3.83. The van der Waals surface area contributed by atoms with Crippen molar-refractivity contribution in [2.24, 2.45) is 5.92 Å². The smallest absolute Gasteiger partial charge is 0.308 e. The minimum absolute atomic E-state index is 0.759. The van der Waals surface area contributed by atoms with E-state index in [0.29, 0.717) is 0 Å². The van der Waals surface area contributed by atoms with Crippen molar-refractivity contribution in [3.05, 3.63) is 0 Å². The number of esters is 2. The number of ether oxygens (including phenoxy) is 4. The molecular formula is C18H30O13. The van der Waals surface area contributed by atoms with Gasteiger partial charge in [0.15, 0.2) is 11.7 Å². The maximum Gasteiger partial charge on any atom is 0.308 e. The first-order valence-corrected chi connectivity index (χ1v) is 9.72. The van der Waals surface area contributed by atoms with E-state index < -0.39 is 91.8 Å². The number of carbonyl (C=O) groups excluding carboxylic acids is 2. The predicted octanol–water partition coefficient (Wildman–Crippen LogP) is -4.23. The highest BCUT2D eigenvalue weighted by Crippen LogP contribution is 2.49. The number of aliphatic hydroxyl groups excluding tert-OH is 7. The summed E-state index contributed by atoms with van der Waals surface area (Å²) in [4.78, 5) is 24.4. The zero-order chi connectivity index (χ0) is 23.7. The molecule has 0 amide bonds. The molecule has 13 heteroatoms. The van der Waals surface area contributed by atoms with Crippen molar-refractivity contribution in [1.82, 2.24) is 0 Å². The summed E-state index contributed by atoms with van der Waals surface area (Å²) in [6, 6.07) is 0. The van der Waals surface area contributed by atoms with E-state index in [1.807, 2.05) is 0 Å². The zero-order valence-corrected chi connectivity index (χ0v) is 17.3.